The highest BCUT2D eigenvalue weighted by Crippen LogP contribution is 1.84. The molecule has 0 saturated carbocycles. The first kappa shape index (κ1) is 11.4. The van der Waals surface area contributed by atoms with Gasteiger partial charge in [0.05, 0.1) is 0 Å². The zero-order valence-electron chi connectivity index (χ0n) is 6.99. The van der Waals surface area contributed by atoms with E-state index in [0.29, 0.717) is 0 Å². The van der Waals surface area contributed by atoms with Crippen LogP contribution in [0.5, 0.6) is 0 Å². The predicted molar refractivity (Wildman–Crippen MR) is 45.0 cm³/mol. The lowest BCUT2D eigenvalue weighted by Crippen LogP contribution is -3.00. The highest BCUT2D eigenvalue weighted by Gasteiger charge is 1.97. The molecule has 3 heteroatoms. The molecule has 0 aliphatic heterocycles. The van der Waals surface area contributed by atoms with E-state index in [-0.39, 0.29) is 24.0 Å². The fourth-order valence-corrected chi connectivity index (χ4v) is 0.953. The van der Waals surface area contributed by atoms with E-state index in [1.54, 1.807) is 0 Å². The van der Waals surface area contributed by atoms with Crippen molar-refractivity contribution >= 4 is 0 Å². The lowest BCUT2D eigenvalue weighted by Gasteiger charge is -1.86. The van der Waals surface area contributed by atoms with Gasteiger partial charge in [0.15, 0.2) is 0 Å². The molecule has 0 amide bonds. The lowest BCUT2D eigenvalue weighted by molar-refractivity contribution is -0.686. The molecule has 1 rings (SSSR count). The van der Waals surface area contributed by atoms with E-state index in [0.717, 1.165) is 13.1 Å². The summed E-state index contributed by atoms with van der Waals surface area (Å²) in [6.45, 7) is 9.05. The SMILES string of the molecule is C=CCn1cc[n+](CC=C)c1.[I-]. The quantitative estimate of drug-likeness (QED) is 0.347. The predicted octanol–water partition coefficient (Wildman–Crippen LogP) is -1.85. The molecule has 0 aliphatic carbocycles. The second kappa shape index (κ2) is 5.99. The monoisotopic (exact) mass is 276 g/mol. The van der Waals surface area contributed by atoms with Gasteiger partial charge in [-0.2, -0.15) is 0 Å². The smallest absolute Gasteiger partial charge is 0.244 e. The van der Waals surface area contributed by atoms with E-state index in [1.807, 2.05) is 30.9 Å². The van der Waals surface area contributed by atoms with E-state index < -0.39 is 0 Å². The molecule has 2 nitrogen and oxygen atoms in total. The first-order valence-corrected chi connectivity index (χ1v) is 3.63. The van der Waals surface area contributed by atoms with Crippen LogP contribution in [-0.2, 0) is 13.1 Å². The van der Waals surface area contributed by atoms with Gasteiger partial charge in [-0.25, -0.2) is 9.13 Å². The third kappa shape index (κ3) is 3.21. The minimum atomic E-state index is 0. The average molecular weight is 276 g/mol. The van der Waals surface area contributed by atoms with Gasteiger partial charge in [0, 0.05) is 0 Å². The molecule has 1 aromatic rings. The second-order valence-electron chi connectivity index (χ2n) is 2.38. The second-order valence-corrected chi connectivity index (χ2v) is 2.38. The van der Waals surface area contributed by atoms with Crippen LogP contribution in [0.3, 0.4) is 0 Å². The van der Waals surface area contributed by atoms with Crippen LogP contribution in [0.4, 0.5) is 0 Å². The third-order valence-electron chi connectivity index (χ3n) is 1.43. The van der Waals surface area contributed by atoms with Crippen molar-refractivity contribution in [3.05, 3.63) is 44.0 Å². The number of aromatic nitrogens is 2. The summed E-state index contributed by atoms with van der Waals surface area (Å²) in [6.07, 6.45) is 9.82. The van der Waals surface area contributed by atoms with Crippen molar-refractivity contribution in [3.63, 3.8) is 0 Å². The maximum absolute atomic E-state index is 3.66. The van der Waals surface area contributed by atoms with Crippen LogP contribution in [0.15, 0.2) is 44.0 Å². The molecule has 0 aromatic carbocycles. The fourth-order valence-electron chi connectivity index (χ4n) is 0.953. The van der Waals surface area contributed by atoms with Crippen LogP contribution in [0.25, 0.3) is 0 Å². The summed E-state index contributed by atoms with van der Waals surface area (Å²) in [5.41, 5.74) is 0. The largest absolute Gasteiger partial charge is 1.00 e. The molecule has 1 heterocycles. The van der Waals surface area contributed by atoms with E-state index in [9.17, 15) is 0 Å². The van der Waals surface area contributed by atoms with Gasteiger partial charge in [-0.1, -0.05) is 25.3 Å². The van der Waals surface area contributed by atoms with Gasteiger partial charge < -0.3 is 24.0 Å². The maximum Gasteiger partial charge on any atom is 0.244 e. The number of hydrogen-bond acceptors (Lipinski definition) is 0. The summed E-state index contributed by atoms with van der Waals surface area (Å²) >= 11 is 0. The van der Waals surface area contributed by atoms with Crippen molar-refractivity contribution in [2.24, 2.45) is 0 Å². The van der Waals surface area contributed by atoms with Gasteiger partial charge in [0.2, 0.25) is 6.33 Å². The highest BCUT2D eigenvalue weighted by molar-refractivity contribution is 4.74. The Bertz CT molecular complexity index is 228. The lowest BCUT2D eigenvalue weighted by atomic mass is 10.6. The number of allylic oxidation sites excluding steroid dienone is 2. The Hall–Kier alpha value is -0.580. The summed E-state index contributed by atoms with van der Waals surface area (Å²) in [5, 5.41) is 0. The Balaban J connectivity index is 0.00000121. The van der Waals surface area contributed by atoms with Gasteiger partial charge in [-0.05, 0) is 0 Å². The van der Waals surface area contributed by atoms with Gasteiger partial charge in [0.1, 0.15) is 25.5 Å². The number of rotatable bonds is 4. The summed E-state index contributed by atoms with van der Waals surface area (Å²) in [6, 6.07) is 0. The van der Waals surface area contributed by atoms with Crippen LogP contribution >= 0.6 is 0 Å². The van der Waals surface area contributed by atoms with Gasteiger partial charge in [-0.3, -0.25) is 0 Å². The average Bonchev–Trinajstić information content (AvgIpc) is 2.38. The van der Waals surface area contributed by atoms with Crippen LogP contribution < -0.4 is 28.5 Å². The standard InChI is InChI=1S/C9H13N2.HI/c1-3-5-10-7-8-11(9-10)6-4-2;/h3-4,7-9H,1-2,5-6H2;1H/q+1;/p-1. The first-order chi connectivity index (χ1) is 5.36. The van der Waals surface area contributed by atoms with Gasteiger partial charge in [-0.15, -0.1) is 0 Å². The summed E-state index contributed by atoms with van der Waals surface area (Å²) in [4.78, 5) is 0. The molecular formula is C9H13IN2. The minimum Gasteiger partial charge on any atom is -1.00 e. The van der Waals surface area contributed by atoms with Crippen LogP contribution in [-0.4, -0.2) is 4.57 Å². The molecule has 0 N–H and O–H groups in total. The first-order valence-electron chi connectivity index (χ1n) is 3.63. The normalized spacial score (nSPS) is 8.67. The van der Waals surface area contributed by atoms with Gasteiger partial charge >= 0.3 is 0 Å². The molecule has 0 atom stereocenters. The van der Waals surface area contributed by atoms with Crippen molar-refractivity contribution in [3.8, 4) is 0 Å². The molecule has 0 fully saturated rings. The van der Waals surface area contributed by atoms with Crippen molar-refractivity contribution in [2.75, 3.05) is 0 Å². The number of imidazole rings is 1. The molecule has 1 aromatic heterocycles. The molecule has 12 heavy (non-hydrogen) atoms. The summed E-state index contributed by atoms with van der Waals surface area (Å²) in [5.74, 6) is 0. The van der Waals surface area contributed by atoms with Crippen LogP contribution in [0, 0.1) is 0 Å². The third-order valence-corrected chi connectivity index (χ3v) is 1.43. The highest BCUT2D eigenvalue weighted by atomic mass is 127. The van der Waals surface area contributed by atoms with Crippen LogP contribution in [0.1, 0.15) is 0 Å². The Labute approximate surface area is 90.2 Å². The zero-order valence-corrected chi connectivity index (χ0v) is 9.15. The van der Waals surface area contributed by atoms with Crippen molar-refractivity contribution in [2.45, 2.75) is 13.1 Å². The van der Waals surface area contributed by atoms with Crippen molar-refractivity contribution in [1.82, 2.24) is 4.57 Å². The van der Waals surface area contributed by atoms with Crippen molar-refractivity contribution in [1.29, 1.82) is 0 Å². The van der Waals surface area contributed by atoms with E-state index in [1.165, 1.54) is 0 Å². The molecule has 0 bridgehead atoms. The summed E-state index contributed by atoms with van der Waals surface area (Å²) in [7, 11) is 0. The van der Waals surface area contributed by atoms with E-state index in [4.69, 9.17) is 0 Å². The molecule has 0 radical (unpaired) electrons. The number of halogens is 1. The maximum atomic E-state index is 3.66. The van der Waals surface area contributed by atoms with E-state index >= 15 is 0 Å². The number of nitrogens with zero attached hydrogens (tertiary/aromatic N) is 2. The molecule has 0 unspecified atom stereocenters. The Morgan fingerprint density at radius 2 is 2.08 bits per heavy atom. The molecule has 66 valence electrons. The molecule has 0 aliphatic rings. The molecular weight excluding hydrogens is 263 g/mol. The van der Waals surface area contributed by atoms with Crippen LogP contribution in [0.2, 0.25) is 0 Å². The van der Waals surface area contributed by atoms with Crippen molar-refractivity contribution < 1.29 is 28.5 Å². The number of hydrogen-bond donors (Lipinski definition) is 0. The Morgan fingerprint density at radius 1 is 1.33 bits per heavy atom. The Kier molecular flexibility index (Phi) is 5.70. The molecule has 0 spiro atoms. The Morgan fingerprint density at radius 3 is 2.67 bits per heavy atom. The van der Waals surface area contributed by atoms with Gasteiger partial charge in [0.25, 0.3) is 0 Å². The zero-order chi connectivity index (χ0) is 8.10. The fraction of sp³-hybridized carbons (Fsp3) is 0.222. The minimum absolute atomic E-state index is 0. The van der Waals surface area contributed by atoms with E-state index in [2.05, 4.69) is 22.3 Å². The topological polar surface area (TPSA) is 8.81 Å². The summed E-state index contributed by atoms with van der Waals surface area (Å²) < 4.78 is 4.13. The molecule has 0 saturated heterocycles.